The van der Waals surface area contributed by atoms with E-state index >= 15 is 0 Å². The fourth-order valence-corrected chi connectivity index (χ4v) is 4.55. The molecule has 4 rings (SSSR count). The zero-order valence-corrected chi connectivity index (χ0v) is 20.0. The lowest BCUT2D eigenvalue weighted by atomic mass is 10.2. The number of imidazole rings is 1. The molecule has 0 saturated carbocycles. The Balaban J connectivity index is 1.45. The van der Waals surface area contributed by atoms with Crippen LogP contribution in [0.3, 0.4) is 0 Å². The van der Waals surface area contributed by atoms with Gasteiger partial charge in [0, 0.05) is 19.6 Å². The van der Waals surface area contributed by atoms with Gasteiger partial charge in [-0.15, -0.1) is 0 Å². The highest BCUT2D eigenvalue weighted by Crippen LogP contribution is 2.24. The summed E-state index contributed by atoms with van der Waals surface area (Å²) in [4.78, 5) is 32.2. The summed E-state index contributed by atoms with van der Waals surface area (Å²) in [6, 6.07) is 27.6. The first-order valence-electron chi connectivity index (χ1n) is 11.3. The third-order valence-corrected chi connectivity index (χ3v) is 6.50. The first kappa shape index (κ1) is 23.6. The number of carbonyl (C=O) groups is 2. The quantitative estimate of drug-likeness (QED) is 0.345. The van der Waals surface area contributed by atoms with Crippen molar-refractivity contribution >= 4 is 34.6 Å². The van der Waals surface area contributed by atoms with E-state index in [1.54, 1.807) is 0 Å². The second kappa shape index (κ2) is 11.5. The van der Waals surface area contributed by atoms with Gasteiger partial charge in [0.25, 0.3) is 0 Å². The Morgan fingerprint density at radius 2 is 1.56 bits per heavy atom. The Bertz CT molecular complexity index is 1240. The molecule has 0 fully saturated rings. The van der Waals surface area contributed by atoms with Gasteiger partial charge in [-0.25, -0.2) is 4.98 Å². The highest BCUT2D eigenvalue weighted by molar-refractivity contribution is 7.99. The minimum Gasteiger partial charge on any atom is -0.351 e. The van der Waals surface area contributed by atoms with Crippen LogP contribution < -0.4 is 5.32 Å². The lowest BCUT2D eigenvalue weighted by molar-refractivity contribution is -0.132. The Morgan fingerprint density at radius 3 is 2.26 bits per heavy atom. The largest absolute Gasteiger partial charge is 0.351 e. The Labute approximate surface area is 204 Å². The summed E-state index contributed by atoms with van der Waals surface area (Å²) in [5, 5.41) is 3.61. The molecule has 0 bridgehead atoms. The van der Waals surface area contributed by atoms with Gasteiger partial charge >= 0.3 is 0 Å². The number of benzene rings is 3. The fraction of sp³-hybridized carbons (Fsp3) is 0.222. The predicted octanol–water partition coefficient (Wildman–Crippen LogP) is 4.49. The Hall–Kier alpha value is -3.58. The normalized spacial score (nSPS) is 10.9. The van der Waals surface area contributed by atoms with Crippen molar-refractivity contribution in [2.24, 2.45) is 0 Å². The molecule has 34 heavy (non-hydrogen) atoms. The number of hydrogen-bond donors (Lipinski definition) is 1. The van der Waals surface area contributed by atoms with Crippen molar-refractivity contribution in [2.75, 3.05) is 12.3 Å². The SMILES string of the molecule is CCN(Cc1ccccc1)C(=O)Cn1c(SCC(=O)NCc2ccccc2)nc2ccccc21. The Morgan fingerprint density at radius 1 is 0.912 bits per heavy atom. The molecule has 1 aromatic heterocycles. The molecule has 2 amide bonds. The van der Waals surface area contributed by atoms with E-state index in [0.717, 1.165) is 22.2 Å². The zero-order chi connectivity index (χ0) is 23.8. The molecule has 0 aliphatic rings. The topological polar surface area (TPSA) is 67.2 Å². The number of likely N-dealkylation sites (N-methyl/N-ethyl adjacent to an activating group) is 1. The van der Waals surface area contributed by atoms with Gasteiger partial charge < -0.3 is 14.8 Å². The average Bonchev–Trinajstić information content (AvgIpc) is 3.23. The summed E-state index contributed by atoms with van der Waals surface area (Å²) < 4.78 is 1.92. The standard InChI is InChI=1S/C27H28N4O2S/c1-2-30(18-22-13-7-4-8-14-22)26(33)19-31-24-16-10-9-15-23(24)29-27(31)34-20-25(32)28-17-21-11-5-3-6-12-21/h3-16H,2,17-20H2,1H3,(H,28,32). The molecule has 0 spiro atoms. The molecule has 0 unspecified atom stereocenters. The molecule has 174 valence electrons. The average molecular weight is 473 g/mol. The molecule has 4 aromatic rings. The lowest BCUT2D eigenvalue weighted by Crippen LogP contribution is -2.33. The molecule has 0 atom stereocenters. The number of para-hydroxylation sites is 2. The summed E-state index contributed by atoms with van der Waals surface area (Å²) >= 11 is 1.35. The number of fused-ring (bicyclic) bond motifs is 1. The van der Waals surface area contributed by atoms with Gasteiger partial charge in [0.05, 0.1) is 16.8 Å². The highest BCUT2D eigenvalue weighted by Gasteiger charge is 2.19. The molecule has 3 aromatic carbocycles. The summed E-state index contributed by atoms with van der Waals surface area (Å²) in [5.74, 6) is 0.175. The highest BCUT2D eigenvalue weighted by atomic mass is 32.2. The number of amides is 2. The van der Waals surface area contributed by atoms with Crippen molar-refractivity contribution in [2.45, 2.75) is 31.7 Å². The van der Waals surface area contributed by atoms with E-state index in [9.17, 15) is 9.59 Å². The van der Waals surface area contributed by atoms with Crippen LogP contribution in [0.15, 0.2) is 90.1 Å². The summed E-state index contributed by atoms with van der Waals surface area (Å²) in [6.07, 6.45) is 0. The molecule has 0 saturated heterocycles. The monoisotopic (exact) mass is 472 g/mol. The number of rotatable bonds is 10. The molecule has 0 aliphatic heterocycles. The smallest absolute Gasteiger partial charge is 0.242 e. The van der Waals surface area contributed by atoms with E-state index in [-0.39, 0.29) is 24.1 Å². The predicted molar refractivity (Wildman–Crippen MR) is 136 cm³/mol. The number of nitrogens with one attached hydrogen (secondary N) is 1. The molecule has 1 heterocycles. The van der Waals surface area contributed by atoms with Gasteiger partial charge in [0.15, 0.2) is 5.16 Å². The van der Waals surface area contributed by atoms with Crippen LogP contribution in [0.2, 0.25) is 0 Å². The van der Waals surface area contributed by atoms with Crippen molar-refractivity contribution in [3.63, 3.8) is 0 Å². The van der Waals surface area contributed by atoms with Crippen LogP contribution in [0.25, 0.3) is 11.0 Å². The van der Waals surface area contributed by atoms with Crippen LogP contribution in [0, 0.1) is 0 Å². The maximum Gasteiger partial charge on any atom is 0.242 e. The van der Waals surface area contributed by atoms with Crippen molar-refractivity contribution in [1.82, 2.24) is 19.8 Å². The van der Waals surface area contributed by atoms with E-state index in [1.165, 1.54) is 11.8 Å². The van der Waals surface area contributed by atoms with Gasteiger partial charge in [-0.1, -0.05) is 84.6 Å². The molecule has 1 N–H and O–H groups in total. The second-order valence-electron chi connectivity index (χ2n) is 7.91. The van der Waals surface area contributed by atoms with E-state index in [2.05, 4.69) is 5.32 Å². The van der Waals surface area contributed by atoms with Gasteiger partial charge in [-0.3, -0.25) is 9.59 Å². The molecule has 6 nitrogen and oxygen atoms in total. The number of carbonyl (C=O) groups excluding carboxylic acids is 2. The molecule has 0 aliphatic carbocycles. The molecule has 7 heteroatoms. The Kier molecular flexibility index (Phi) is 7.99. The maximum absolute atomic E-state index is 13.2. The van der Waals surface area contributed by atoms with Gasteiger partial charge in [0.1, 0.15) is 6.54 Å². The van der Waals surface area contributed by atoms with Crippen LogP contribution in [-0.2, 0) is 29.2 Å². The maximum atomic E-state index is 13.2. The third kappa shape index (κ3) is 6.05. The van der Waals surface area contributed by atoms with Crippen molar-refractivity contribution in [3.8, 4) is 0 Å². The van der Waals surface area contributed by atoms with Crippen LogP contribution in [0.5, 0.6) is 0 Å². The van der Waals surface area contributed by atoms with E-state index in [4.69, 9.17) is 4.98 Å². The van der Waals surface area contributed by atoms with Gasteiger partial charge in [0.2, 0.25) is 11.8 Å². The molecular weight excluding hydrogens is 444 g/mol. The molecular formula is C27H28N4O2S. The minimum absolute atomic E-state index is 0.0184. The number of aromatic nitrogens is 2. The van der Waals surface area contributed by atoms with E-state index in [1.807, 2.05) is 101 Å². The van der Waals surface area contributed by atoms with Crippen LogP contribution >= 0.6 is 11.8 Å². The lowest BCUT2D eigenvalue weighted by Gasteiger charge is -2.22. The van der Waals surface area contributed by atoms with E-state index in [0.29, 0.717) is 24.8 Å². The van der Waals surface area contributed by atoms with Gasteiger partial charge in [-0.05, 0) is 30.2 Å². The zero-order valence-electron chi connectivity index (χ0n) is 19.2. The number of nitrogens with zero attached hydrogens (tertiary/aromatic N) is 3. The van der Waals surface area contributed by atoms with Gasteiger partial charge in [-0.2, -0.15) is 0 Å². The first-order chi connectivity index (χ1) is 16.6. The minimum atomic E-state index is -0.0713. The fourth-order valence-electron chi connectivity index (χ4n) is 3.71. The summed E-state index contributed by atoms with van der Waals surface area (Å²) in [6.45, 7) is 3.83. The summed E-state index contributed by atoms with van der Waals surface area (Å²) in [7, 11) is 0. The second-order valence-corrected chi connectivity index (χ2v) is 8.86. The van der Waals surface area contributed by atoms with E-state index < -0.39 is 0 Å². The van der Waals surface area contributed by atoms with Crippen LogP contribution in [0.4, 0.5) is 0 Å². The molecule has 0 radical (unpaired) electrons. The van der Waals surface area contributed by atoms with Crippen molar-refractivity contribution < 1.29 is 9.59 Å². The van der Waals surface area contributed by atoms with Crippen molar-refractivity contribution in [1.29, 1.82) is 0 Å². The van der Waals surface area contributed by atoms with Crippen LogP contribution in [-0.4, -0.2) is 38.6 Å². The summed E-state index contributed by atoms with van der Waals surface area (Å²) in [5.41, 5.74) is 3.85. The number of hydrogen-bond acceptors (Lipinski definition) is 4. The van der Waals surface area contributed by atoms with Crippen molar-refractivity contribution in [3.05, 3.63) is 96.1 Å². The third-order valence-electron chi connectivity index (χ3n) is 5.53. The first-order valence-corrected chi connectivity index (χ1v) is 12.3. The van der Waals surface area contributed by atoms with Crippen LogP contribution in [0.1, 0.15) is 18.1 Å². The number of thioether (sulfide) groups is 1.